The number of benzene rings is 1. The first-order valence-corrected chi connectivity index (χ1v) is 4.16. The molecule has 11 heavy (non-hydrogen) atoms. The molecule has 0 aliphatic heterocycles. The number of rotatable bonds is 2. The molecule has 1 rings (SSSR count). The molecule has 0 saturated heterocycles. The Hall–Kier alpha value is -0.780. The van der Waals surface area contributed by atoms with Gasteiger partial charge in [0.1, 0.15) is 0 Å². The summed E-state index contributed by atoms with van der Waals surface area (Å²) in [6.45, 7) is 6.50. The van der Waals surface area contributed by atoms with E-state index in [2.05, 4.69) is 32.9 Å². The molecule has 0 heterocycles. The van der Waals surface area contributed by atoms with E-state index in [-0.39, 0.29) is 0 Å². The average molecular weight is 146 g/mol. The normalized spacial score (nSPS) is 10.5. The fraction of sp³-hybridized carbons (Fsp3) is 0.455. The zero-order valence-electron chi connectivity index (χ0n) is 7.44. The first-order chi connectivity index (χ1) is 5.24. The predicted octanol–water partition coefficient (Wildman–Crippen LogP) is 2.97. The molecule has 1 aromatic rings. The summed E-state index contributed by atoms with van der Waals surface area (Å²) in [7, 11) is 0. The lowest BCUT2D eigenvalue weighted by atomic mass is 10.0. The highest BCUT2D eigenvalue weighted by Gasteiger charge is 1.98. The van der Waals surface area contributed by atoms with Crippen LogP contribution in [0, 0.1) is 12.1 Å². The van der Waals surface area contributed by atoms with Crippen molar-refractivity contribution in [2.24, 2.45) is 0 Å². The van der Waals surface area contributed by atoms with E-state index in [1.165, 1.54) is 11.1 Å². The topological polar surface area (TPSA) is 0 Å². The summed E-state index contributed by atoms with van der Waals surface area (Å²) in [5, 5.41) is 0. The largest absolute Gasteiger partial charge is 0.0613 e. The zero-order valence-corrected chi connectivity index (χ0v) is 7.44. The van der Waals surface area contributed by atoms with Crippen LogP contribution in [0.15, 0.2) is 12.1 Å². The highest BCUT2D eigenvalue weighted by molar-refractivity contribution is 5.22. The van der Waals surface area contributed by atoms with Gasteiger partial charge in [-0.15, -0.1) is 0 Å². The van der Waals surface area contributed by atoms with Crippen molar-refractivity contribution in [1.82, 2.24) is 0 Å². The molecule has 0 saturated carbocycles. The summed E-state index contributed by atoms with van der Waals surface area (Å²) in [4.78, 5) is 0. The monoisotopic (exact) mass is 146 g/mol. The standard InChI is InChI=1S/C11H14/c1-4-10-6-5-7-11(8-10)9(2)3/h6-7,9H,4H2,1-3H3. The van der Waals surface area contributed by atoms with Crippen molar-refractivity contribution < 1.29 is 0 Å². The Balaban J connectivity index is 2.91. The van der Waals surface area contributed by atoms with Crippen LogP contribution in [-0.2, 0) is 6.42 Å². The minimum absolute atomic E-state index is 0.567. The highest BCUT2D eigenvalue weighted by Crippen LogP contribution is 2.14. The average Bonchev–Trinajstić information content (AvgIpc) is 2.05. The molecule has 1 aromatic carbocycles. The van der Waals surface area contributed by atoms with Crippen LogP contribution in [0.4, 0.5) is 0 Å². The van der Waals surface area contributed by atoms with Crippen LogP contribution in [0.2, 0.25) is 0 Å². The van der Waals surface area contributed by atoms with E-state index in [1.807, 2.05) is 12.1 Å². The van der Waals surface area contributed by atoms with E-state index in [0.29, 0.717) is 5.92 Å². The van der Waals surface area contributed by atoms with Gasteiger partial charge in [-0.25, -0.2) is 0 Å². The minimum atomic E-state index is 0.567. The quantitative estimate of drug-likeness (QED) is 0.601. The first kappa shape index (κ1) is 8.32. The summed E-state index contributed by atoms with van der Waals surface area (Å²) >= 11 is 0. The lowest BCUT2D eigenvalue weighted by Crippen LogP contribution is -1.89. The van der Waals surface area contributed by atoms with E-state index >= 15 is 0 Å². The van der Waals surface area contributed by atoms with Gasteiger partial charge >= 0.3 is 0 Å². The van der Waals surface area contributed by atoms with Gasteiger partial charge in [0, 0.05) is 0 Å². The molecule has 0 aromatic heterocycles. The Kier molecular flexibility index (Phi) is 2.70. The molecular weight excluding hydrogens is 132 g/mol. The second kappa shape index (κ2) is 3.56. The summed E-state index contributed by atoms with van der Waals surface area (Å²) in [6, 6.07) is 10.5. The fourth-order valence-corrected chi connectivity index (χ4v) is 0.991. The maximum absolute atomic E-state index is 3.36. The van der Waals surface area contributed by atoms with Crippen molar-refractivity contribution in [1.29, 1.82) is 0 Å². The van der Waals surface area contributed by atoms with Crippen LogP contribution in [-0.4, -0.2) is 0 Å². The predicted molar refractivity (Wildman–Crippen MR) is 47.6 cm³/mol. The molecule has 0 aliphatic rings. The van der Waals surface area contributed by atoms with Crippen LogP contribution in [0.5, 0.6) is 0 Å². The Morgan fingerprint density at radius 3 is 2.64 bits per heavy atom. The van der Waals surface area contributed by atoms with Gasteiger partial charge in [-0.3, -0.25) is 0 Å². The van der Waals surface area contributed by atoms with Crippen molar-refractivity contribution in [3.05, 3.63) is 35.4 Å². The van der Waals surface area contributed by atoms with Crippen molar-refractivity contribution in [2.45, 2.75) is 33.1 Å². The maximum atomic E-state index is 3.36. The fourth-order valence-electron chi connectivity index (χ4n) is 0.991. The zero-order chi connectivity index (χ0) is 8.27. The molecule has 0 atom stereocenters. The Bertz CT molecular complexity index is 223. The number of hydrogen-bond donors (Lipinski definition) is 0. The summed E-state index contributed by atoms with van der Waals surface area (Å²) < 4.78 is 0. The van der Waals surface area contributed by atoms with Crippen LogP contribution >= 0.6 is 0 Å². The maximum Gasteiger partial charge on any atom is -0.0111 e. The molecule has 0 aliphatic carbocycles. The van der Waals surface area contributed by atoms with Gasteiger partial charge in [-0.2, -0.15) is 0 Å². The molecule has 0 N–H and O–H groups in total. The van der Waals surface area contributed by atoms with Crippen LogP contribution < -0.4 is 0 Å². The molecule has 0 spiro atoms. The van der Waals surface area contributed by atoms with E-state index in [4.69, 9.17) is 0 Å². The minimum Gasteiger partial charge on any atom is -0.0613 e. The summed E-state index contributed by atoms with van der Waals surface area (Å²) in [6.07, 6.45) is 1.05. The van der Waals surface area contributed by atoms with Gasteiger partial charge in [-0.05, 0) is 35.6 Å². The van der Waals surface area contributed by atoms with Gasteiger partial charge in [-0.1, -0.05) is 32.9 Å². The lowest BCUT2D eigenvalue weighted by molar-refractivity contribution is 0.859. The molecule has 0 unspecified atom stereocenters. The molecule has 0 fully saturated rings. The van der Waals surface area contributed by atoms with Gasteiger partial charge in [0.15, 0.2) is 0 Å². The van der Waals surface area contributed by atoms with Gasteiger partial charge < -0.3 is 0 Å². The Labute approximate surface area is 69.3 Å². The Morgan fingerprint density at radius 2 is 2.09 bits per heavy atom. The molecule has 2 radical (unpaired) electrons. The van der Waals surface area contributed by atoms with Crippen LogP contribution in [0.1, 0.15) is 37.8 Å². The number of hydrogen-bond acceptors (Lipinski definition) is 0. The van der Waals surface area contributed by atoms with Crippen molar-refractivity contribution in [2.75, 3.05) is 0 Å². The number of aryl methyl sites for hydroxylation is 1. The van der Waals surface area contributed by atoms with E-state index in [1.54, 1.807) is 0 Å². The van der Waals surface area contributed by atoms with E-state index in [9.17, 15) is 0 Å². The van der Waals surface area contributed by atoms with Crippen molar-refractivity contribution in [3.8, 4) is 0 Å². The molecule has 0 heteroatoms. The first-order valence-electron chi connectivity index (χ1n) is 4.16. The van der Waals surface area contributed by atoms with Crippen molar-refractivity contribution in [3.63, 3.8) is 0 Å². The van der Waals surface area contributed by atoms with Gasteiger partial charge in [0.05, 0.1) is 0 Å². The smallest absolute Gasteiger partial charge is 0.0111 e. The molecule has 0 nitrogen and oxygen atoms in total. The lowest BCUT2D eigenvalue weighted by Gasteiger charge is -2.04. The van der Waals surface area contributed by atoms with Gasteiger partial charge in [0.2, 0.25) is 0 Å². The molecule has 58 valence electrons. The second-order valence-electron chi connectivity index (χ2n) is 3.07. The molecule has 0 bridgehead atoms. The summed E-state index contributed by atoms with van der Waals surface area (Å²) in [5.74, 6) is 0.567. The highest BCUT2D eigenvalue weighted by atomic mass is 14.0. The SMILES string of the molecule is CCc1[c]c(C(C)C)c[c]c1. The van der Waals surface area contributed by atoms with Crippen molar-refractivity contribution >= 4 is 0 Å². The van der Waals surface area contributed by atoms with Crippen LogP contribution in [0.25, 0.3) is 0 Å². The molecular formula is C11H14. The van der Waals surface area contributed by atoms with E-state index < -0.39 is 0 Å². The second-order valence-corrected chi connectivity index (χ2v) is 3.07. The third kappa shape index (κ3) is 2.07. The molecule has 0 amide bonds. The Morgan fingerprint density at radius 1 is 1.36 bits per heavy atom. The summed E-state index contributed by atoms with van der Waals surface area (Å²) in [5.41, 5.74) is 2.53. The third-order valence-corrected chi connectivity index (χ3v) is 1.80. The van der Waals surface area contributed by atoms with Crippen LogP contribution in [0.3, 0.4) is 0 Å². The van der Waals surface area contributed by atoms with E-state index in [0.717, 1.165) is 6.42 Å². The van der Waals surface area contributed by atoms with Gasteiger partial charge in [0.25, 0.3) is 0 Å². The third-order valence-electron chi connectivity index (χ3n) is 1.80.